The highest BCUT2D eigenvalue weighted by Gasteiger charge is 2.20. The first-order chi connectivity index (χ1) is 8.69. The third-order valence-corrected chi connectivity index (χ3v) is 3.37. The highest BCUT2D eigenvalue weighted by molar-refractivity contribution is 6.01. The van der Waals surface area contributed by atoms with Crippen molar-refractivity contribution in [3.05, 3.63) is 0 Å². The van der Waals surface area contributed by atoms with Crippen molar-refractivity contribution in [1.29, 1.82) is 0 Å². The molecule has 0 saturated carbocycles. The summed E-state index contributed by atoms with van der Waals surface area (Å²) < 4.78 is 0. The second-order valence-corrected chi connectivity index (χ2v) is 4.68. The van der Waals surface area contributed by atoms with E-state index in [0.717, 1.165) is 19.6 Å². The Morgan fingerprint density at radius 3 is 2.67 bits per heavy atom. The molecule has 0 spiro atoms. The number of nitrogens with zero attached hydrogens (tertiary/aromatic N) is 2. The van der Waals surface area contributed by atoms with Crippen LogP contribution in [0.4, 0.5) is 0 Å². The number of likely N-dealkylation sites (tertiary alicyclic amines) is 1. The van der Waals surface area contributed by atoms with Crippen molar-refractivity contribution in [2.24, 2.45) is 16.8 Å². The average molecular weight is 256 g/mol. The number of amidine groups is 1. The second-order valence-electron chi connectivity index (χ2n) is 4.68. The molecule has 1 amide bonds. The van der Waals surface area contributed by atoms with E-state index < -0.39 is 5.92 Å². The molecule has 1 aliphatic rings. The average Bonchev–Trinajstić information content (AvgIpc) is 2.40. The fourth-order valence-corrected chi connectivity index (χ4v) is 2.24. The van der Waals surface area contributed by atoms with Crippen molar-refractivity contribution < 1.29 is 10.0 Å². The molecular weight excluding hydrogens is 232 g/mol. The van der Waals surface area contributed by atoms with Gasteiger partial charge in [0.15, 0.2) is 5.84 Å². The van der Waals surface area contributed by atoms with E-state index in [1.165, 1.54) is 19.3 Å². The predicted molar refractivity (Wildman–Crippen MR) is 70.5 cm³/mol. The van der Waals surface area contributed by atoms with E-state index in [1.807, 2.05) is 6.92 Å². The summed E-state index contributed by atoms with van der Waals surface area (Å²) in [6, 6.07) is 0. The van der Waals surface area contributed by atoms with Crippen LogP contribution in [-0.2, 0) is 4.79 Å². The van der Waals surface area contributed by atoms with Gasteiger partial charge >= 0.3 is 0 Å². The molecule has 1 rings (SSSR count). The van der Waals surface area contributed by atoms with Gasteiger partial charge in [-0.15, -0.1) is 0 Å². The molecule has 1 saturated heterocycles. The van der Waals surface area contributed by atoms with Crippen LogP contribution in [0.25, 0.3) is 0 Å². The predicted octanol–water partition coefficient (Wildman–Crippen LogP) is 0.361. The van der Waals surface area contributed by atoms with Gasteiger partial charge in [0, 0.05) is 13.1 Å². The fourth-order valence-electron chi connectivity index (χ4n) is 2.24. The number of hydrogen-bond acceptors (Lipinski definition) is 4. The summed E-state index contributed by atoms with van der Waals surface area (Å²) >= 11 is 0. The molecule has 0 aromatic heterocycles. The summed E-state index contributed by atoms with van der Waals surface area (Å²) in [5.74, 6) is -0.714. The molecular formula is C12H24N4O2. The number of piperidine rings is 1. The normalized spacial score (nSPS) is 19.5. The van der Waals surface area contributed by atoms with Crippen LogP contribution in [0.15, 0.2) is 5.16 Å². The van der Waals surface area contributed by atoms with Gasteiger partial charge in [-0.05, 0) is 32.4 Å². The van der Waals surface area contributed by atoms with Gasteiger partial charge in [-0.1, -0.05) is 18.5 Å². The minimum atomic E-state index is -0.531. The SMILES string of the molecule is CCC(C(=O)NCCN1CCCCC1)C(N)=NO. The molecule has 4 N–H and O–H groups in total. The van der Waals surface area contributed by atoms with E-state index in [0.29, 0.717) is 13.0 Å². The zero-order valence-electron chi connectivity index (χ0n) is 11.1. The number of carbonyl (C=O) groups excluding carboxylic acids is 1. The van der Waals surface area contributed by atoms with Gasteiger partial charge in [0.05, 0.1) is 5.92 Å². The van der Waals surface area contributed by atoms with Crippen LogP contribution in [0.2, 0.25) is 0 Å². The number of amides is 1. The first-order valence-corrected chi connectivity index (χ1v) is 6.66. The van der Waals surface area contributed by atoms with E-state index in [9.17, 15) is 4.79 Å². The van der Waals surface area contributed by atoms with E-state index in [2.05, 4.69) is 15.4 Å². The Morgan fingerprint density at radius 1 is 1.44 bits per heavy atom. The zero-order chi connectivity index (χ0) is 13.4. The van der Waals surface area contributed by atoms with Gasteiger partial charge in [-0.3, -0.25) is 4.79 Å². The molecule has 0 aliphatic carbocycles. The van der Waals surface area contributed by atoms with Crippen LogP contribution < -0.4 is 11.1 Å². The topological polar surface area (TPSA) is 91.0 Å². The molecule has 0 radical (unpaired) electrons. The number of hydrogen-bond donors (Lipinski definition) is 3. The highest BCUT2D eigenvalue weighted by atomic mass is 16.4. The maximum atomic E-state index is 11.8. The van der Waals surface area contributed by atoms with Crippen LogP contribution in [0.1, 0.15) is 32.6 Å². The Balaban J connectivity index is 2.26. The van der Waals surface area contributed by atoms with Crippen molar-refractivity contribution >= 4 is 11.7 Å². The molecule has 104 valence electrons. The molecule has 6 nitrogen and oxygen atoms in total. The van der Waals surface area contributed by atoms with E-state index in [4.69, 9.17) is 10.9 Å². The molecule has 1 aliphatic heterocycles. The van der Waals surface area contributed by atoms with Crippen LogP contribution in [-0.4, -0.2) is 48.0 Å². The summed E-state index contributed by atoms with van der Waals surface area (Å²) in [6.07, 6.45) is 4.33. The molecule has 1 fully saturated rings. The molecule has 6 heteroatoms. The van der Waals surface area contributed by atoms with Crippen molar-refractivity contribution in [2.45, 2.75) is 32.6 Å². The van der Waals surface area contributed by atoms with Gasteiger partial charge in [0.25, 0.3) is 0 Å². The summed E-state index contributed by atoms with van der Waals surface area (Å²) in [5, 5.41) is 14.3. The highest BCUT2D eigenvalue weighted by Crippen LogP contribution is 2.07. The lowest BCUT2D eigenvalue weighted by molar-refractivity contribution is -0.123. The molecule has 0 aromatic carbocycles. The Labute approximate surface area is 108 Å². The van der Waals surface area contributed by atoms with Gasteiger partial charge in [0.2, 0.25) is 5.91 Å². The third kappa shape index (κ3) is 4.52. The van der Waals surface area contributed by atoms with Gasteiger partial charge in [-0.25, -0.2) is 0 Å². The first-order valence-electron chi connectivity index (χ1n) is 6.66. The number of nitrogens with two attached hydrogens (primary N) is 1. The number of nitrogens with one attached hydrogen (secondary N) is 1. The summed E-state index contributed by atoms with van der Waals surface area (Å²) in [4.78, 5) is 14.2. The van der Waals surface area contributed by atoms with E-state index in [-0.39, 0.29) is 11.7 Å². The van der Waals surface area contributed by atoms with Crippen LogP contribution in [0.3, 0.4) is 0 Å². The van der Waals surface area contributed by atoms with Crippen LogP contribution >= 0.6 is 0 Å². The lowest BCUT2D eigenvalue weighted by atomic mass is 10.0. The Bertz CT molecular complexity index is 288. The lowest BCUT2D eigenvalue weighted by Gasteiger charge is -2.26. The van der Waals surface area contributed by atoms with Gasteiger partial charge in [-0.2, -0.15) is 0 Å². The maximum Gasteiger partial charge on any atom is 0.230 e. The monoisotopic (exact) mass is 256 g/mol. The first kappa shape index (κ1) is 14.8. The number of oxime groups is 1. The van der Waals surface area contributed by atoms with Gasteiger partial charge < -0.3 is 21.2 Å². The van der Waals surface area contributed by atoms with Crippen molar-refractivity contribution in [2.75, 3.05) is 26.2 Å². The third-order valence-electron chi connectivity index (χ3n) is 3.37. The fraction of sp³-hybridized carbons (Fsp3) is 0.833. The smallest absolute Gasteiger partial charge is 0.230 e. The largest absolute Gasteiger partial charge is 0.409 e. The summed E-state index contributed by atoms with van der Waals surface area (Å²) in [7, 11) is 0. The summed E-state index contributed by atoms with van der Waals surface area (Å²) in [6.45, 7) is 5.57. The van der Waals surface area contributed by atoms with Gasteiger partial charge in [0.1, 0.15) is 0 Å². The molecule has 1 atom stereocenters. The molecule has 18 heavy (non-hydrogen) atoms. The molecule has 1 unspecified atom stereocenters. The van der Waals surface area contributed by atoms with E-state index in [1.54, 1.807) is 0 Å². The Hall–Kier alpha value is -1.30. The minimum Gasteiger partial charge on any atom is -0.409 e. The van der Waals surface area contributed by atoms with Crippen molar-refractivity contribution in [1.82, 2.24) is 10.2 Å². The van der Waals surface area contributed by atoms with Crippen molar-refractivity contribution in [3.63, 3.8) is 0 Å². The van der Waals surface area contributed by atoms with Crippen LogP contribution in [0, 0.1) is 5.92 Å². The zero-order valence-corrected chi connectivity index (χ0v) is 11.1. The maximum absolute atomic E-state index is 11.8. The number of carbonyl (C=O) groups is 1. The molecule has 1 heterocycles. The molecule has 0 bridgehead atoms. The molecule has 0 aromatic rings. The second kappa shape index (κ2) is 7.92. The minimum absolute atomic E-state index is 0.0204. The quantitative estimate of drug-likeness (QED) is 0.277. The number of rotatable bonds is 6. The standard InChI is InChI=1S/C12H24N4O2/c1-2-10(11(13)15-18)12(17)14-6-9-16-7-4-3-5-8-16/h10,18H,2-9H2,1H3,(H2,13,15)(H,14,17). The van der Waals surface area contributed by atoms with Crippen molar-refractivity contribution in [3.8, 4) is 0 Å². The van der Waals surface area contributed by atoms with E-state index >= 15 is 0 Å². The lowest BCUT2D eigenvalue weighted by Crippen LogP contribution is -2.42. The Kier molecular flexibility index (Phi) is 6.49. The van der Waals surface area contributed by atoms with Crippen LogP contribution in [0.5, 0.6) is 0 Å². The summed E-state index contributed by atoms with van der Waals surface area (Å²) in [5.41, 5.74) is 5.47. The Morgan fingerprint density at radius 2 is 2.11 bits per heavy atom.